The Bertz CT molecular complexity index is 543. The molecule has 0 aliphatic carbocycles. The molecule has 0 spiro atoms. The second kappa shape index (κ2) is 11.2. The maximum absolute atomic E-state index is 12.1. The van der Waals surface area contributed by atoms with E-state index in [1.807, 2.05) is 18.3 Å². The molecule has 3 rings (SSSR count). The van der Waals surface area contributed by atoms with Crippen LogP contribution in [0.25, 0.3) is 0 Å². The Kier molecular flexibility index (Phi) is 8.32. The normalized spacial score (nSPS) is 19.2. The summed E-state index contributed by atoms with van der Waals surface area (Å²) in [4.78, 5) is 23.6. The van der Waals surface area contributed by atoms with E-state index in [4.69, 9.17) is 4.74 Å². The molecule has 2 fully saturated rings. The van der Waals surface area contributed by atoms with Gasteiger partial charge in [-0.2, -0.15) is 0 Å². The minimum atomic E-state index is 0.175. The number of pyridine rings is 1. The Balaban J connectivity index is 1.20. The van der Waals surface area contributed by atoms with E-state index in [0.717, 1.165) is 90.8 Å². The number of carbonyl (C=O) groups is 1. The molecule has 150 valence electrons. The summed E-state index contributed by atoms with van der Waals surface area (Å²) < 4.78 is 5.36. The van der Waals surface area contributed by atoms with Crippen molar-refractivity contribution in [3.63, 3.8) is 0 Å². The maximum Gasteiger partial charge on any atom is 0.221 e. The summed E-state index contributed by atoms with van der Waals surface area (Å²) in [7, 11) is 0. The first kappa shape index (κ1) is 20.0. The molecule has 2 aliphatic heterocycles. The van der Waals surface area contributed by atoms with Crippen molar-refractivity contribution in [3.05, 3.63) is 24.4 Å². The van der Waals surface area contributed by atoms with Crippen LogP contribution in [0.4, 0.5) is 5.82 Å². The zero-order valence-corrected chi connectivity index (χ0v) is 16.3. The smallest absolute Gasteiger partial charge is 0.221 e. The summed E-state index contributed by atoms with van der Waals surface area (Å²) in [5, 5.41) is 3.07. The molecule has 1 aromatic heterocycles. The molecule has 0 saturated carbocycles. The van der Waals surface area contributed by atoms with E-state index in [9.17, 15) is 4.79 Å². The number of nitrogens with zero attached hydrogens (tertiary/aromatic N) is 4. The van der Waals surface area contributed by atoms with E-state index in [-0.39, 0.29) is 5.91 Å². The predicted molar refractivity (Wildman–Crippen MR) is 107 cm³/mol. The van der Waals surface area contributed by atoms with E-state index in [1.54, 1.807) is 0 Å². The third-order valence-electron chi connectivity index (χ3n) is 5.33. The highest BCUT2D eigenvalue weighted by Gasteiger charge is 2.18. The molecule has 2 aliphatic rings. The Morgan fingerprint density at radius 1 is 1.00 bits per heavy atom. The standard InChI is InChI=1S/C20H33N5O2/c26-20(22-8-3-4-9-23-15-17-27-18-16-23)6-10-24-11-13-25(14-12-24)19-5-1-2-7-21-19/h1-2,5,7H,3-4,6,8-18H2,(H,22,26). The van der Waals surface area contributed by atoms with Gasteiger partial charge in [0, 0.05) is 65.0 Å². The van der Waals surface area contributed by atoms with Crippen molar-refractivity contribution in [2.45, 2.75) is 19.3 Å². The average molecular weight is 376 g/mol. The summed E-state index contributed by atoms with van der Waals surface area (Å²) in [6, 6.07) is 6.03. The molecule has 1 amide bonds. The topological polar surface area (TPSA) is 60.9 Å². The highest BCUT2D eigenvalue weighted by Crippen LogP contribution is 2.12. The molecule has 1 N–H and O–H groups in total. The summed E-state index contributed by atoms with van der Waals surface area (Å²) in [5.74, 6) is 1.22. The SMILES string of the molecule is O=C(CCN1CCN(c2ccccn2)CC1)NCCCCN1CCOCC1. The molecule has 0 bridgehead atoms. The van der Waals surface area contributed by atoms with E-state index in [2.05, 4.69) is 31.1 Å². The Morgan fingerprint density at radius 3 is 2.52 bits per heavy atom. The van der Waals surface area contributed by atoms with Crippen LogP contribution in [0, 0.1) is 0 Å². The Hall–Kier alpha value is -1.70. The second-order valence-electron chi connectivity index (χ2n) is 7.28. The lowest BCUT2D eigenvalue weighted by molar-refractivity contribution is -0.121. The van der Waals surface area contributed by atoms with Gasteiger partial charge in [-0.15, -0.1) is 0 Å². The first-order valence-electron chi connectivity index (χ1n) is 10.3. The number of carbonyl (C=O) groups excluding carboxylic acids is 1. The minimum Gasteiger partial charge on any atom is -0.379 e. The van der Waals surface area contributed by atoms with Crippen molar-refractivity contribution >= 4 is 11.7 Å². The van der Waals surface area contributed by atoms with E-state index in [0.29, 0.717) is 6.42 Å². The number of unbranched alkanes of at least 4 members (excludes halogenated alkanes) is 1. The van der Waals surface area contributed by atoms with Crippen molar-refractivity contribution in [1.29, 1.82) is 0 Å². The van der Waals surface area contributed by atoms with Crippen molar-refractivity contribution in [1.82, 2.24) is 20.1 Å². The summed E-state index contributed by atoms with van der Waals surface area (Å²) >= 11 is 0. The molecule has 0 radical (unpaired) electrons. The number of hydrogen-bond acceptors (Lipinski definition) is 6. The van der Waals surface area contributed by atoms with Crippen molar-refractivity contribution in [2.24, 2.45) is 0 Å². The number of anilines is 1. The van der Waals surface area contributed by atoms with Gasteiger partial charge in [0.15, 0.2) is 0 Å². The van der Waals surface area contributed by atoms with Crippen LogP contribution in [-0.4, -0.2) is 92.8 Å². The highest BCUT2D eigenvalue weighted by molar-refractivity contribution is 5.76. The summed E-state index contributed by atoms with van der Waals surface area (Å²) in [6.07, 6.45) is 4.61. The molecule has 3 heterocycles. The van der Waals surface area contributed by atoms with Gasteiger partial charge in [0.25, 0.3) is 0 Å². The third kappa shape index (κ3) is 7.08. The number of aromatic nitrogens is 1. The number of rotatable bonds is 9. The fraction of sp³-hybridized carbons (Fsp3) is 0.700. The third-order valence-corrected chi connectivity index (χ3v) is 5.33. The van der Waals surface area contributed by atoms with Gasteiger partial charge in [-0.05, 0) is 31.5 Å². The van der Waals surface area contributed by atoms with Crippen LogP contribution in [0.3, 0.4) is 0 Å². The molecule has 27 heavy (non-hydrogen) atoms. The fourth-order valence-corrected chi connectivity index (χ4v) is 3.60. The monoisotopic (exact) mass is 375 g/mol. The van der Waals surface area contributed by atoms with E-state index in [1.165, 1.54) is 0 Å². The number of hydrogen-bond donors (Lipinski definition) is 1. The lowest BCUT2D eigenvalue weighted by Gasteiger charge is -2.35. The van der Waals surface area contributed by atoms with Crippen LogP contribution in [0.15, 0.2) is 24.4 Å². The van der Waals surface area contributed by atoms with E-state index >= 15 is 0 Å². The van der Waals surface area contributed by atoms with Gasteiger partial charge in [-0.3, -0.25) is 14.6 Å². The fourth-order valence-electron chi connectivity index (χ4n) is 3.60. The van der Waals surface area contributed by atoms with Crippen LogP contribution >= 0.6 is 0 Å². The average Bonchev–Trinajstić information content (AvgIpc) is 2.74. The second-order valence-corrected chi connectivity index (χ2v) is 7.28. The zero-order chi connectivity index (χ0) is 18.7. The van der Waals surface area contributed by atoms with Crippen LogP contribution in [-0.2, 0) is 9.53 Å². The molecule has 0 unspecified atom stereocenters. The number of piperazine rings is 1. The van der Waals surface area contributed by atoms with Crippen LogP contribution < -0.4 is 10.2 Å². The summed E-state index contributed by atoms with van der Waals surface area (Å²) in [6.45, 7) is 10.5. The van der Waals surface area contributed by atoms with Crippen LogP contribution in [0.2, 0.25) is 0 Å². The predicted octanol–water partition coefficient (Wildman–Crippen LogP) is 0.822. The molecule has 0 atom stereocenters. The minimum absolute atomic E-state index is 0.175. The zero-order valence-electron chi connectivity index (χ0n) is 16.3. The Morgan fingerprint density at radius 2 is 1.78 bits per heavy atom. The number of ether oxygens (including phenoxy) is 1. The number of amides is 1. The molecular weight excluding hydrogens is 342 g/mol. The molecule has 7 heteroatoms. The van der Waals surface area contributed by atoms with E-state index < -0.39 is 0 Å². The van der Waals surface area contributed by atoms with Crippen molar-refractivity contribution in [2.75, 3.05) is 77.0 Å². The largest absolute Gasteiger partial charge is 0.379 e. The van der Waals surface area contributed by atoms with Gasteiger partial charge in [0.05, 0.1) is 13.2 Å². The molecule has 2 saturated heterocycles. The van der Waals surface area contributed by atoms with Crippen molar-refractivity contribution in [3.8, 4) is 0 Å². The first-order valence-corrected chi connectivity index (χ1v) is 10.3. The van der Waals surface area contributed by atoms with Gasteiger partial charge in [-0.1, -0.05) is 6.07 Å². The molecule has 0 aromatic carbocycles. The maximum atomic E-state index is 12.1. The molecule has 1 aromatic rings. The quantitative estimate of drug-likeness (QED) is 0.645. The van der Waals surface area contributed by atoms with Gasteiger partial charge in [0.1, 0.15) is 5.82 Å². The van der Waals surface area contributed by atoms with Gasteiger partial charge < -0.3 is 15.0 Å². The molecular formula is C20H33N5O2. The summed E-state index contributed by atoms with van der Waals surface area (Å²) in [5.41, 5.74) is 0. The van der Waals surface area contributed by atoms with Gasteiger partial charge in [-0.25, -0.2) is 4.98 Å². The molecule has 7 nitrogen and oxygen atoms in total. The van der Waals surface area contributed by atoms with Gasteiger partial charge in [0.2, 0.25) is 5.91 Å². The lowest BCUT2D eigenvalue weighted by atomic mass is 10.2. The highest BCUT2D eigenvalue weighted by atomic mass is 16.5. The number of nitrogens with one attached hydrogen (secondary N) is 1. The number of morpholine rings is 1. The Labute approximate surface area is 162 Å². The van der Waals surface area contributed by atoms with Gasteiger partial charge >= 0.3 is 0 Å². The first-order chi connectivity index (χ1) is 13.3. The van der Waals surface area contributed by atoms with Crippen LogP contribution in [0.5, 0.6) is 0 Å². The van der Waals surface area contributed by atoms with Crippen molar-refractivity contribution < 1.29 is 9.53 Å². The lowest BCUT2D eigenvalue weighted by Crippen LogP contribution is -2.47. The van der Waals surface area contributed by atoms with Crippen LogP contribution in [0.1, 0.15) is 19.3 Å².